The van der Waals surface area contributed by atoms with Gasteiger partial charge in [0.05, 0.1) is 17.1 Å². The quantitative estimate of drug-likeness (QED) is 0.441. The Labute approximate surface area is 190 Å². The Bertz CT molecular complexity index is 1360. The minimum Gasteiger partial charge on any atom is -0.333 e. The van der Waals surface area contributed by atoms with Crippen LogP contribution in [-0.4, -0.2) is 27.1 Å². The van der Waals surface area contributed by atoms with Gasteiger partial charge in [0.25, 0.3) is 5.56 Å². The number of carbonyl (C=O) groups is 1. The number of likely N-dealkylation sites (tertiary alicyclic amines) is 1. The highest BCUT2D eigenvalue weighted by Gasteiger charge is 2.31. The fourth-order valence-electron chi connectivity index (χ4n) is 4.59. The molecule has 2 aromatic carbocycles. The number of aryl methyl sites for hydroxylation is 2. The Morgan fingerprint density at radius 2 is 1.91 bits per heavy atom. The third kappa shape index (κ3) is 3.65. The number of hydrogen-bond acceptors (Lipinski definition) is 4. The molecule has 0 radical (unpaired) electrons. The second-order valence-corrected chi connectivity index (χ2v) is 9.42. The summed E-state index contributed by atoms with van der Waals surface area (Å²) in [6.45, 7) is 4.75. The standard InChI is InChI=1S/C26H25N3O2S/c1-17-11-12-18(2)21(15-17)25-19-7-3-4-8-20(19)26(31)29(27-25)16-24(30)28-13-5-9-22(28)23-10-6-14-32-23/h3-4,6-8,10-12,14-15,22H,5,9,13,16H2,1-2H3. The van der Waals surface area contributed by atoms with Crippen LogP contribution >= 0.6 is 11.3 Å². The largest absolute Gasteiger partial charge is 0.333 e. The summed E-state index contributed by atoms with van der Waals surface area (Å²) in [5.74, 6) is -0.0577. The molecule has 2 aromatic heterocycles. The van der Waals surface area contributed by atoms with Gasteiger partial charge < -0.3 is 4.90 Å². The Kier molecular flexibility index (Phi) is 5.39. The van der Waals surface area contributed by atoms with Crippen molar-refractivity contribution in [2.45, 2.75) is 39.3 Å². The van der Waals surface area contributed by atoms with Gasteiger partial charge in [-0.2, -0.15) is 5.10 Å². The Morgan fingerprint density at radius 3 is 2.69 bits per heavy atom. The SMILES string of the molecule is Cc1ccc(C)c(-c2nn(CC(=O)N3CCCC3c3cccs3)c(=O)c3ccccc23)c1. The minimum absolute atomic E-state index is 0.0522. The number of benzene rings is 2. The second-order valence-electron chi connectivity index (χ2n) is 8.44. The molecule has 1 atom stereocenters. The molecule has 162 valence electrons. The maximum atomic E-state index is 13.3. The van der Waals surface area contributed by atoms with Gasteiger partial charge in [0.1, 0.15) is 6.54 Å². The van der Waals surface area contributed by atoms with E-state index >= 15 is 0 Å². The normalized spacial score (nSPS) is 16.1. The molecule has 4 aromatic rings. The zero-order valence-electron chi connectivity index (χ0n) is 18.2. The molecule has 0 N–H and O–H groups in total. The lowest BCUT2D eigenvalue weighted by atomic mass is 9.99. The summed E-state index contributed by atoms with van der Waals surface area (Å²) in [4.78, 5) is 29.7. The first-order valence-electron chi connectivity index (χ1n) is 10.9. The van der Waals surface area contributed by atoms with E-state index in [0.717, 1.165) is 40.6 Å². The Morgan fingerprint density at radius 1 is 1.09 bits per heavy atom. The van der Waals surface area contributed by atoms with Crippen LogP contribution in [0.4, 0.5) is 0 Å². The third-order valence-corrected chi connectivity index (χ3v) is 7.22. The number of rotatable bonds is 4. The van der Waals surface area contributed by atoms with Crippen LogP contribution in [0.5, 0.6) is 0 Å². The van der Waals surface area contributed by atoms with Crippen LogP contribution < -0.4 is 5.56 Å². The van der Waals surface area contributed by atoms with E-state index in [0.29, 0.717) is 11.9 Å². The molecule has 0 aliphatic carbocycles. The molecule has 1 amide bonds. The molecule has 1 aliphatic heterocycles. The molecule has 32 heavy (non-hydrogen) atoms. The number of nitrogens with zero attached hydrogens (tertiary/aromatic N) is 3. The van der Waals surface area contributed by atoms with Crippen LogP contribution in [-0.2, 0) is 11.3 Å². The van der Waals surface area contributed by atoms with E-state index < -0.39 is 0 Å². The smallest absolute Gasteiger partial charge is 0.275 e. The minimum atomic E-state index is -0.227. The molecule has 3 heterocycles. The lowest BCUT2D eigenvalue weighted by Gasteiger charge is -2.24. The van der Waals surface area contributed by atoms with Crippen LogP contribution in [0.1, 0.15) is 34.9 Å². The van der Waals surface area contributed by atoms with Crippen molar-refractivity contribution in [2.75, 3.05) is 6.54 Å². The van der Waals surface area contributed by atoms with E-state index in [4.69, 9.17) is 5.10 Å². The maximum absolute atomic E-state index is 13.3. The summed E-state index contributed by atoms with van der Waals surface area (Å²) in [5.41, 5.74) is 3.71. The molecule has 1 unspecified atom stereocenters. The van der Waals surface area contributed by atoms with Gasteiger partial charge in [0.15, 0.2) is 0 Å². The van der Waals surface area contributed by atoms with E-state index in [1.54, 1.807) is 11.3 Å². The number of amides is 1. The summed E-state index contributed by atoms with van der Waals surface area (Å²) < 4.78 is 1.35. The molecule has 6 heteroatoms. The Balaban J connectivity index is 1.57. The predicted octanol–water partition coefficient (Wildman–Crippen LogP) is 5.11. The van der Waals surface area contributed by atoms with Crippen LogP contribution in [0.25, 0.3) is 22.0 Å². The molecule has 1 fully saturated rings. The van der Waals surface area contributed by atoms with E-state index in [-0.39, 0.29) is 24.1 Å². The topological polar surface area (TPSA) is 55.2 Å². The molecule has 1 saturated heterocycles. The third-order valence-electron chi connectivity index (χ3n) is 6.25. The molecule has 5 rings (SSSR count). The first kappa shape index (κ1) is 20.6. The number of fused-ring (bicyclic) bond motifs is 1. The van der Waals surface area contributed by atoms with E-state index in [2.05, 4.69) is 24.3 Å². The highest BCUT2D eigenvalue weighted by Crippen LogP contribution is 2.34. The van der Waals surface area contributed by atoms with Crippen molar-refractivity contribution in [3.8, 4) is 11.3 Å². The van der Waals surface area contributed by atoms with E-state index in [9.17, 15) is 9.59 Å². The predicted molar refractivity (Wildman–Crippen MR) is 129 cm³/mol. The van der Waals surface area contributed by atoms with Crippen molar-refractivity contribution in [3.63, 3.8) is 0 Å². The molecule has 5 nitrogen and oxygen atoms in total. The summed E-state index contributed by atoms with van der Waals surface area (Å²) in [5, 5.41) is 8.17. The summed E-state index contributed by atoms with van der Waals surface area (Å²) >= 11 is 1.68. The van der Waals surface area contributed by atoms with Crippen molar-refractivity contribution in [1.29, 1.82) is 0 Å². The molecule has 0 bridgehead atoms. The van der Waals surface area contributed by atoms with Gasteiger partial charge in [0.2, 0.25) is 5.91 Å². The van der Waals surface area contributed by atoms with Gasteiger partial charge in [-0.15, -0.1) is 11.3 Å². The lowest BCUT2D eigenvalue weighted by molar-refractivity contribution is -0.133. The molecular weight excluding hydrogens is 418 g/mol. The van der Waals surface area contributed by atoms with Gasteiger partial charge >= 0.3 is 0 Å². The van der Waals surface area contributed by atoms with E-state index in [1.807, 2.05) is 54.5 Å². The summed E-state index contributed by atoms with van der Waals surface area (Å²) in [6.07, 6.45) is 1.93. The lowest BCUT2D eigenvalue weighted by Crippen LogP contribution is -2.37. The fourth-order valence-corrected chi connectivity index (χ4v) is 5.47. The highest BCUT2D eigenvalue weighted by molar-refractivity contribution is 7.10. The first-order valence-corrected chi connectivity index (χ1v) is 11.8. The van der Waals surface area contributed by atoms with Crippen molar-refractivity contribution < 1.29 is 4.79 Å². The zero-order valence-corrected chi connectivity index (χ0v) is 19.1. The van der Waals surface area contributed by atoms with Gasteiger partial charge in [-0.05, 0) is 55.8 Å². The van der Waals surface area contributed by atoms with Crippen LogP contribution in [0.3, 0.4) is 0 Å². The van der Waals surface area contributed by atoms with Gasteiger partial charge in [-0.25, -0.2) is 4.68 Å². The van der Waals surface area contributed by atoms with Crippen molar-refractivity contribution in [2.24, 2.45) is 0 Å². The number of carbonyl (C=O) groups excluding carboxylic acids is 1. The second kappa shape index (κ2) is 8.36. The molecular formula is C26H25N3O2S. The highest BCUT2D eigenvalue weighted by atomic mass is 32.1. The first-order chi connectivity index (χ1) is 15.5. The molecule has 0 saturated carbocycles. The average Bonchev–Trinajstić information content (AvgIpc) is 3.49. The van der Waals surface area contributed by atoms with Gasteiger partial charge in [-0.1, -0.05) is 42.0 Å². The van der Waals surface area contributed by atoms with Crippen molar-refractivity contribution in [1.82, 2.24) is 14.7 Å². The van der Waals surface area contributed by atoms with Crippen LogP contribution in [0.15, 0.2) is 64.8 Å². The number of aromatic nitrogens is 2. The maximum Gasteiger partial charge on any atom is 0.275 e. The zero-order chi connectivity index (χ0) is 22.2. The average molecular weight is 444 g/mol. The summed E-state index contributed by atoms with van der Waals surface area (Å²) in [6, 6.07) is 18.0. The molecule has 1 aliphatic rings. The number of hydrogen-bond donors (Lipinski definition) is 0. The van der Waals surface area contributed by atoms with E-state index in [1.165, 1.54) is 9.56 Å². The van der Waals surface area contributed by atoms with Crippen LogP contribution in [0, 0.1) is 13.8 Å². The Hall–Kier alpha value is -3.25. The molecule has 0 spiro atoms. The van der Waals surface area contributed by atoms with Crippen LogP contribution in [0.2, 0.25) is 0 Å². The number of thiophene rings is 1. The monoisotopic (exact) mass is 443 g/mol. The van der Waals surface area contributed by atoms with Gasteiger partial charge in [0, 0.05) is 22.4 Å². The van der Waals surface area contributed by atoms with Crippen molar-refractivity contribution in [3.05, 3.63) is 86.3 Å². The van der Waals surface area contributed by atoms with Gasteiger partial charge in [-0.3, -0.25) is 9.59 Å². The fraction of sp³-hybridized carbons (Fsp3) is 0.269. The van der Waals surface area contributed by atoms with Crippen molar-refractivity contribution >= 4 is 28.0 Å². The summed E-state index contributed by atoms with van der Waals surface area (Å²) in [7, 11) is 0.